The van der Waals surface area contributed by atoms with Gasteiger partial charge in [0.2, 0.25) is 10.0 Å². The molecule has 0 aromatic heterocycles. The van der Waals surface area contributed by atoms with E-state index in [1.54, 1.807) is 6.07 Å². The van der Waals surface area contributed by atoms with Gasteiger partial charge in [0.25, 0.3) is 0 Å². The lowest BCUT2D eigenvalue weighted by Gasteiger charge is -2.38. The summed E-state index contributed by atoms with van der Waals surface area (Å²) in [6.45, 7) is 2.24. The summed E-state index contributed by atoms with van der Waals surface area (Å²) in [5.41, 5.74) is 7.01. The van der Waals surface area contributed by atoms with Gasteiger partial charge in [-0.05, 0) is 30.9 Å². The summed E-state index contributed by atoms with van der Waals surface area (Å²) in [6.07, 6.45) is 4.77. The van der Waals surface area contributed by atoms with Gasteiger partial charge in [-0.3, -0.25) is 0 Å². The molecule has 1 aliphatic carbocycles. The Hall–Kier alpha value is -1.27. The predicted molar refractivity (Wildman–Crippen MR) is 82.1 cm³/mol. The number of hydrogen-bond acceptors (Lipinski definition) is 4. The molecule has 5 nitrogen and oxygen atoms in total. The standard InChI is InChI=1S/C14H23N3O2S/c1-10-6-3-4-7-11(10)17(2)12-8-5-9-13(14(12)15)20(16,18)19/h5,8-11H,3-4,6-7,15H2,1-2H3,(H2,16,18,19). The number of sulfonamides is 1. The zero-order valence-corrected chi connectivity index (χ0v) is 12.9. The summed E-state index contributed by atoms with van der Waals surface area (Å²) in [5.74, 6) is 0.575. The minimum Gasteiger partial charge on any atom is -0.396 e. The number of hydrogen-bond donors (Lipinski definition) is 2. The van der Waals surface area contributed by atoms with Gasteiger partial charge in [0, 0.05) is 13.1 Å². The number of primary sulfonamides is 1. The van der Waals surface area contributed by atoms with E-state index in [1.807, 2.05) is 13.1 Å². The first-order valence-electron chi connectivity index (χ1n) is 6.96. The Balaban J connectivity index is 2.37. The van der Waals surface area contributed by atoms with Crippen molar-refractivity contribution in [2.24, 2.45) is 11.1 Å². The van der Waals surface area contributed by atoms with Crippen LogP contribution >= 0.6 is 0 Å². The van der Waals surface area contributed by atoms with Crippen LogP contribution in [0.1, 0.15) is 32.6 Å². The Morgan fingerprint density at radius 3 is 2.50 bits per heavy atom. The van der Waals surface area contributed by atoms with Crippen molar-refractivity contribution in [3.8, 4) is 0 Å². The van der Waals surface area contributed by atoms with Gasteiger partial charge in [-0.2, -0.15) is 0 Å². The third-order valence-electron chi connectivity index (χ3n) is 4.29. The maximum Gasteiger partial charge on any atom is 0.240 e. The second-order valence-corrected chi connectivity index (χ2v) is 7.20. The number of benzene rings is 1. The zero-order chi connectivity index (χ0) is 14.9. The molecule has 2 rings (SSSR count). The highest BCUT2D eigenvalue weighted by Crippen LogP contribution is 2.35. The molecule has 1 aromatic rings. The van der Waals surface area contributed by atoms with E-state index in [0.717, 1.165) is 12.1 Å². The quantitative estimate of drug-likeness (QED) is 0.834. The Labute approximate surface area is 121 Å². The Morgan fingerprint density at radius 2 is 1.90 bits per heavy atom. The maximum absolute atomic E-state index is 11.5. The normalized spacial score (nSPS) is 23.6. The van der Waals surface area contributed by atoms with Crippen LogP contribution in [0, 0.1) is 5.92 Å². The topological polar surface area (TPSA) is 89.4 Å². The van der Waals surface area contributed by atoms with Crippen LogP contribution in [-0.4, -0.2) is 21.5 Å². The minimum absolute atomic E-state index is 0.00492. The van der Waals surface area contributed by atoms with Crippen molar-refractivity contribution >= 4 is 21.4 Å². The molecule has 2 atom stereocenters. The minimum atomic E-state index is -3.79. The fourth-order valence-electron chi connectivity index (χ4n) is 3.14. The van der Waals surface area contributed by atoms with E-state index < -0.39 is 10.0 Å². The molecule has 0 bridgehead atoms. The first-order valence-corrected chi connectivity index (χ1v) is 8.51. The van der Waals surface area contributed by atoms with Crippen LogP contribution in [-0.2, 0) is 10.0 Å². The molecule has 0 saturated heterocycles. The van der Waals surface area contributed by atoms with Crippen molar-refractivity contribution in [2.45, 2.75) is 43.5 Å². The number of anilines is 2. The van der Waals surface area contributed by atoms with Gasteiger partial charge in [-0.15, -0.1) is 0 Å². The summed E-state index contributed by atoms with van der Waals surface area (Å²) in [6, 6.07) is 5.38. The van der Waals surface area contributed by atoms with Crippen LogP contribution in [0.2, 0.25) is 0 Å². The molecule has 2 unspecified atom stereocenters. The molecule has 0 radical (unpaired) electrons. The summed E-state index contributed by atoms with van der Waals surface area (Å²) in [4.78, 5) is 2.11. The van der Waals surface area contributed by atoms with Crippen LogP contribution in [0.4, 0.5) is 11.4 Å². The summed E-state index contributed by atoms with van der Waals surface area (Å²) < 4.78 is 23.1. The number of nitrogens with two attached hydrogens (primary N) is 2. The van der Waals surface area contributed by atoms with E-state index in [2.05, 4.69) is 11.8 Å². The number of nitrogen functional groups attached to an aromatic ring is 1. The van der Waals surface area contributed by atoms with E-state index in [4.69, 9.17) is 10.9 Å². The van der Waals surface area contributed by atoms with Crippen LogP contribution < -0.4 is 15.8 Å². The van der Waals surface area contributed by atoms with Crippen molar-refractivity contribution in [3.05, 3.63) is 18.2 Å². The van der Waals surface area contributed by atoms with Crippen LogP contribution in [0.25, 0.3) is 0 Å². The second-order valence-electron chi connectivity index (χ2n) is 5.67. The molecule has 1 fully saturated rings. The lowest BCUT2D eigenvalue weighted by Crippen LogP contribution is -2.39. The Bertz CT molecular complexity index is 586. The number of para-hydroxylation sites is 1. The van der Waals surface area contributed by atoms with Crippen molar-refractivity contribution in [3.63, 3.8) is 0 Å². The Kier molecular flexibility index (Phi) is 4.25. The fraction of sp³-hybridized carbons (Fsp3) is 0.571. The second kappa shape index (κ2) is 5.61. The molecular weight excluding hydrogens is 274 g/mol. The van der Waals surface area contributed by atoms with Crippen molar-refractivity contribution < 1.29 is 8.42 Å². The van der Waals surface area contributed by atoms with Gasteiger partial charge >= 0.3 is 0 Å². The SMILES string of the molecule is CC1CCCCC1N(C)c1cccc(S(N)(=O)=O)c1N. The van der Waals surface area contributed by atoms with E-state index in [9.17, 15) is 8.42 Å². The molecule has 1 aliphatic rings. The fourth-order valence-corrected chi connectivity index (χ4v) is 3.82. The first kappa shape index (κ1) is 15.1. The third kappa shape index (κ3) is 2.91. The van der Waals surface area contributed by atoms with Gasteiger partial charge in [-0.1, -0.05) is 25.8 Å². The number of rotatable bonds is 3. The van der Waals surface area contributed by atoms with Gasteiger partial charge in [0.1, 0.15) is 4.90 Å². The average Bonchev–Trinajstić information content (AvgIpc) is 2.37. The molecule has 6 heteroatoms. The number of nitrogens with zero attached hydrogens (tertiary/aromatic N) is 1. The summed E-state index contributed by atoms with van der Waals surface area (Å²) in [5, 5.41) is 5.21. The highest BCUT2D eigenvalue weighted by Gasteiger charge is 2.27. The molecule has 0 amide bonds. The van der Waals surface area contributed by atoms with E-state index in [0.29, 0.717) is 12.0 Å². The summed E-state index contributed by atoms with van der Waals surface area (Å²) in [7, 11) is -1.81. The first-order chi connectivity index (χ1) is 9.32. The molecule has 4 N–H and O–H groups in total. The maximum atomic E-state index is 11.5. The van der Waals surface area contributed by atoms with E-state index in [-0.39, 0.29) is 10.6 Å². The zero-order valence-electron chi connectivity index (χ0n) is 12.0. The molecule has 0 spiro atoms. The third-order valence-corrected chi connectivity index (χ3v) is 5.26. The molecule has 112 valence electrons. The van der Waals surface area contributed by atoms with Crippen molar-refractivity contribution in [1.29, 1.82) is 0 Å². The van der Waals surface area contributed by atoms with Crippen LogP contribution in [0.15, 0.2) is 23.1 Å². The lowest BCUT2D eigenvalue weighted by molar-refractivity contribution is 0.322. The smallest absolute Gasteiger partial charge is 0.240 e. The van der Waals surface area contributed by atoms with Crippen molar-refractivity contribution in [2.75, 3.05) is 17.7 Å². The van der Waals surface area contributed by atoms with E-state index >= 15 is 0 Å². The molecule has 20 heavy (non-hydrogen) atoms. The summed E-state index contributed by atoms with van der Waals surface area (Å²) >= 11 is 0. The van der Waals surface area contributed by atoms with Gasteiger partial charge in [0.15, 0.2) is 0 Å². The monoisotopic (exact) mass is 297 g/mol. The molecule has 0 heterocycles. The van der Waals surface area contributed by atoms with Gasteiger partial charge in [-0.25, -0.2) is 13.6 Å². The van der Waals surface area contributed by atoms with Crippen LogP contribution in [0.5, 0.6) is 0 Å². The molecule has 1 aromatic carbocycles. The van der Waals surface area contributed by atoms with Gasteiger partial charge in [0.05, 0.1) is 11.4 Å². The van der Waals surface area contributed by atoms with Gasteiger partial charge < -0.3 is 10.6 Å². The van der Waals surface area contributed by atoms with Crippen LogP contribution in [0.3, 0.4) is 0 Å². The average molecular weight is 297 g/mol. The Morgan fingerprint density at radius 1 is 1.25 bits per heavy atom. The lowest BCUT2D eigenvalue weighted by atomic mass is 9.85. The van der Waals surface area contributed by atoms with E-state index in [1.165, 1.54) is 25.3 Å². The molecular formula is C14H23N3O2S. The largest absolute Gasteiger partial charge is 0.396 e. The molecule has 0 aliphatic heterocycles. The highest BCUT2D eigenvalue weighted by atomic mass is 32.2. The van der Waals surface area contributed by atoms with Crippen molar-refractivity contribution in [1.82, 2.24) is 0 Å². The predicted octanol–water partition coefficient (Wildman–Crippen LogP) is 1.93. The highest BCUT2D eigenvalue weighted by molar-refractivity contribution is 7.89. The molecule has 1 saturated carbocycles.